The topological polar surface area (TPSA) is 69.1 Å². The molecule has 2 heterocycles. The number of hydrogen-bond acceptors (Lipinski definition) is 6. The molecule has 0 unspecified atom stereocenters. The minimum atomic E-state index is -0.349. The number of benzene rings is 2. The van der Waals surface area contributed by atoms with Gasteiger partial charge in [0.05, 0.1) is 0 Å². The van der Waals surface area contributed by atoms with Crippen molar-refractivity contribution in [2.75, 3.05) is 0 Å². The first-order chi connectivity index (χ1) is 13.0. The molecule has 0 N–H and O–H groups in total. The molecule has 0 fully saturated rings. The van der Waals surface area contributed by atoms with Gasteiger partial charge in [-0.15, -0.1) is 10.2 Å². The summed E-state index contributed by atoms with van der Waals surface area (Å²) < 4.78 is 11.2. The molecule has 0 bridgehead atoms. The molecule has 0 aliphatic heterocycles. The second-order valence-electron chi connectivity index (χ2n) is 6.45. The van der Waals surface area contributed by atoms with E-state index in [-0.39, 0.29) is 5.63 Å². The van der Waals surface area contributed by atoms with Crippen LogP contribution in [0.25, 0.3) is 22.4 Å². The highest BCUT2D eigenvalue weighted by Gasteiger charge is 2.14. The standard InChI is InChI=1S/C21H18N2O3S/c1-12-8-9-17-15(10-18(24)25-19(17)14(12)3)11-27-21-23-22-20(26-21)16-7-5-4-6-13(16)2/h4-10H,11H2,1-3H3. The first-order valence-corrected chi connectivity index (χ1v) is 9.57. The number of aromatic nitrogens is 2. The number of fused-ring (bicyclic) bond motifs is 1. The lowest BCUT2D eigenvalue weighted by atomic mass is 10.0. The first-order valence-electron chi connectivity index (χ1n) is 8.58. The van der Waals surface area contributed by atoms with Crippen LogP contribution >= 0.6 is 11.8 Å². The second-order valence-corrected chi connectivity index (χ2v) is 7.38. The fourth-order valence-electron chi connectivity index (χ4n) is 2.97. The van der Waals surface area contributed by atoms with E-state index in [2.05, 4.69) is 10.2 Å². The molecule has 0 atom stereocenters. The maximum Gasteiger partial charge on any atom is 0.336 e. The monoisotopic (exact) mass is 378 g/mol. The molecule has 0 saturated heterocycles. The van der Waals surface area contributed by atoms with Crippen molar-refractivity contribution in [3.8, 4) is 11.5 Å². The summed E-state index contributed by atoms with van der Waals surface area (Å²) in [6.45, 7) is 5.97. The lowest BCUT2D eigenvalue weighted by Crippen LogP contribution is -2.01. The molecule has 27 heavy (non-hydrogen) atoms. The second kappa shape index (κ2) is 7.04. The van der Waals surface area contributed by atoms with E-state index in [1.165, 1.54) is 17.8 Å². The van der Waals surface area contributed by atoms with Crippen LogP contribution in [0.3, 0.4) is 0 Å². The maximum atomic E-state index is 12.0. The molecule has 0 saturated carbocycles. The summed E-state index contributed by atoms with van der Waals surface area (Å²) in [4.78, 5) is 12.0. The largest absolute Gasteiger partial charge is 0.422 e. The highest BCUT2D eigenvalue weighted by molar-refractivity contribution is 7.98. The predicted octanol–water partition coefficient (Wildman–Crippen LogP) is 5.06. The van der Waals surface area contributed by atoms with Crippen molar-refractivity contribution in [3.63, 3.8) is 0 Å². The molecule has 2 aromatic heterocycles. The van der Waals surface area contributed by atoms with Gasteiger partial charge in [0.2, 0.25) is 5.89 Å². The molecule has 0 aliphatic carbocycles. The molecule has 4 aromatic rings. The van der Waals surface area contributed by atoms with Crippen LogP contribution in [0.5, 0.6) is 0 Å². The van der Waals surface area contributed by atoms with Gasteiger partial charge in [-0.3, -0.25) is 0 Å². The van der Waals surface area contributed by atoms with Crippen LogP contribution in [0.15, 0.2) is 61.3 Å². The van der Waals surface area contributed by atoms with Crippen molar-refractivity contribution in [2.45, 2.75) is 31.7 Å². The summed E-state index contributed by atoms with van der Waals surface area (Å²) in [7, 11) is 0. The maximum absolute atomic E-state index is 12.0. The van der Waals surface area contributed by atoms with Gasteiger partial charge in [0, 0.05) is 22.8 Å². The van der Waals surface area contributed by atoms with Crippen molar-refractivity contribution >= 4 is 22.7 Å². The number of aryl methyl sites for hydroxylation is 3. The Morgan fingerprint density at radius 2 is 1.78 bits per heavy atom. The number of thioether (sulfide) groups is 1. The zero-order valence-corrected chi connectivity index (χ0v) is 16.1. The highest BCUT2D eigenvalue weighted by Crippen LogP contribution is 2.30. The smallest absolute Gasteiger partial charge is 0.336 e. The third kappa shape index (κ3) is 3.40. The summed E-state index contributed by atoms with van der Waals surface area (Å²) in [6.07, 6.45) is 0. The highest BCUT2D eigenvalue weighted by atomic mass is 32.2. The molecule has 0 amide bonds. The SMILES string of the molecule is Cc1ccccc1-c1nnc(SCc2cc(=O)oc3c(C)c(C)ccc23)o1. The molecule has 0 spiro atoms. The first kappa shape index (κ1) is 17.5. The Morgan fingerprint density at radius 1 is 0.963 bits per heavy atom. The number of nitrogens with zero attached hydrogens (tertiary/aromatic N) is 2. The Kier molecular flexibility index (Phi) is 4.58. The molecule has 136 valence electrons. The van der Waals surface area contributed by atoms with Crippen molar-refractivity contribution in [1.29, 1.82) is 0 Å². The zero-order valence-electron chi connectivity index (χ0n) is 15.3. The van der Waals surface area contributed by atoms with E-state index in [0.29, 0.717) is 22.4 Å². The number of hydrogen-bond donors (Lipinski definition) is 0. The van der Waals surface area contributed by atoms with Gasteiger partial charge in [-0.25, -0.2) is 4.79 Å². The number of rotatable bonds is 4. The van der Waals surface area contributed by atoms with Crippen molar-refractivity contribution in [2.24, 2.45) is 0 Å². The van der Waals surface area contributed by atoms with Gasteiger partial charge in [0.15, 0.2) is 0 Å². The van der Waals surface area contributed by atoms with E-state index < -0.39 is 0 Å². The summed E-state index contributed by atoms with van der Waals surface area (Å²) in [6, 6.07) is 13.4. The fraction of sp³-hybridized carbons (Fsp3) is 0.190. The molecular weight excluding hydrogens is 360 g/mol. The van der Waals surface area contributed by atoms with Gasteiger partial charge in [0.25, 0.3) is 5.22 Å². The lowest BCUT2D eigenvalue weighted by Gasteiger charge is -2.07. The van der Waals surface area contributed by atoms with E-state index in [9.17, 15) is 4.79 Å². The Morgan fingerprint density at radius 3 is 2.59 bits per heavy atom. The zero-order chi connectivity index (χ0) is 19.0. The molecular formula is C21H18N2O3S. The van der Waals surface area contributed by atoms with Crippen molar-refractivity contribution < 1.29 is 8.83 Å². The third-order valence-corrected chi connectivity index (χ3v) is 5.52. The van der Waals surface area contributed by atoms with E-state index in [0.717, 1.165) is 33.2 Å². The van der Waals surface area contributed by atoms with Crippen LogP contribution in [-0.4, -0.2) is 10.2 Å². The third-order valence-electron chi connectivity index (χ3n) is 4.65. The van der Waals surface area contributed by atoms with E-state index in [4.69, 9.17) is 8.83 Å². The van der Waals surface area contributed by atoms with Crippen LogP contribution in [0.2, 0.25) is 0 Å². The van der Waals surface area contributed by atoms with Gasteiger partial charge in [-0.1, -0.05) is 42.1 Å². The molecule has 0 radical (unpaired) electrons. The van der Waals surface area contributed by atoms with Gasteiger partial charge in [-0.05, 0) is 49.1 Å². The Balaban J connectivity index is 1.62. The van der Waals surface area contributed by atoms with Crippen molar-refractivity contribution in [3.05, 3.63) is 75.1 Å². The Bertz CT molecular complexity index is 1190. The van der Waals surface area contributed by atoms with E-state index in [1.54, 1.807) is 0 Å². The quantitative estimate of drug-likeness (QED) is 0.365. The van der Waals surface area contributed by atoms with Gasteiger partial charge in [0.1, 0.15) is 5.58 Å². The van der Waals surface area contributed by atoms with Crippen LogP contribution in [0, 0.1) is 20.8 Å². The van der Waals surface area contributed by atoms with Crippen molar-refractivity contribution in [1.82, 2.24) is 10.2 Å². The van der Waals surface area contributed by atoms with Crippen LogP contribution in [0.1, 0.15) is 22.3 Å². The Hall–Kier alpha value is -2.86. The van der Waals surface area contributed by atoms with Crippen LogP contribution in [0.4, 0.5) is 0 Å². The summed E-state index contributed by atoms with van der Waals surface area (Å²) >= 11 is 1.41. The normalized spacial score (nSPS) is 11.2. The lowest BCUT2D eigenvalue weighted by molar-refractivity contribution is 0.465. The average molecular weight is 378 g/mol. The predicted molar refractivity (Wildman–Crippen MR) is 106 cm³/mol. The Labute approximate surface area is 160 Å². The summed E-state index contributed by atoms with van der Waals surface area (Å²) in [5.74, 6) is 1.04. The molecule has 4 rings (SSSR count). The minimum absolute atomic E-state index is 0.349. The van der Waals surface area contributed by atoms with E-state index >= 15 is 0 Å². The molecule has 5 nitrogen and oxygen atoms in total. The summed E-state index contributed by atoms with van der Waals surface area (Å²) in [5, 5.41) is 9.68. The van der Waals surface area contributed by atoms with Gasteiger partial charge in [-0.2, -0.15) is 0 Å². The molecule has 2 aromatic carbocycles. The van der Waals surface area contributed by atoms with Crippen LogP contribution < -0.4 is 5.63 Å². The van der Waals surface area contributed by atoms with Crippen LogP contribution in [-0.2, 0) is 5.75 Å². The van der Waals surface area contributed by atoms with E-state index in [1.807, 2.05) is 57.2 Å². The minimum Gasteiger partial charge on any atom is -0.422 e. The average Bonchev–Trinajstić information content (AvgIpc) is 3.12. The molecule has 0 aliphatic rings. The summed E-state index contributed by atoms with van der Waals surface area (Å²) in [5.41, 5.74) is 5.27. The fourth-order valence-corrected chi connectivity index (χ4v) is 3.73. The molecule has 6 heteroatoms. The van der Waals surface area contributed by atoms with Gasteiger partial charge < -0.3 is 8.83 Å². The van der Waals surface area contributed by atoms with Gasteiger partial charge >= 0.3 is 5.63 Å².